The van der Waals surface area contributed by atoms with Gasteiger partial charge in [0.1, 0.15) is 0 Å². The summed E-state index contributed by atoms with van der Waals surface area (Å²) in [6, 6.07) is 4.63. The molecule has 4 N–H and O–H groups in total. The first kappa shape index (κ1) is 12.7. The predicted octanol–water partition coefficient (Wildman–Crippen LogP) is 1.60. The van der Waals surface area contributed by atoms with Crippen molar-refractivity contribution in [3.05, 3.63) is 49.5 Å². The van der Waals surface area contributed by atoms with Crippen LogP contribution in [0.5, 0.6) is 0 Å². The van der Waals surface area contributed by atoms with Crippen LogP contribution in [0.4, 0.5) is 5.69 Å². The largest absolute Gasteiger partial charge is 0.399 e. The first-order valence-corrected chi connectivity index (χ1v) is 6.31. The number of nitrogens with two attached hydrogens (primary N) is 1. The lowest BCUT2D eigenvalue weighted by atomic mass is 10.2. The minimum atomic E-state index is -0.295. The lowest BCUT2D eigenvalue weighted by Gasteiger charge is -2.05. The number of carbonyl (C=O) groups is 1. The van der Waals surface area contributed by atoms with E-state index >= 15 is 0 Å². The van der Waals surface area contributed by atoms with Gasteiger partial charge in [0, 0.05) is 27.3 Å². The summed E-state index contributed by atoms with van der Waals surface area (Å²) in [4.78, 5) is 25.2. The summed E-state index contributed by atoms with van der Waals surface area (Å²) < 4.78 is 0. The molecule has 0 atom stereocenters. The number of thiazole rings is 1. The molecule has 0 unspecified atom stereocenters. The zero-order chi connectivity index (χ0) is 13.1. The predicted molar refractivity (Wildman–Crippen MR) is 72.0 cm³/mol. The summed E-state index contributed by atoms with van der Waals surface area (Å²) in [5.41, 5.74) is 7.07. The number of H-pyrrole nitrogens is 1. The summed E-state index contributed by atoms with van der Waals surface area (Å²) in [7, 11) is 0. The zero-order valence-electron chi connectivity index (χ0n) is 9.20. The van der Waals surface area contributed by atoms with Crippen molar-refractivity contribution in [2.24, 2.45) is 0 Å². The van der Waals surface area contributed by atoms with E-state index in [-0.39, 0.29) is 17.3 Å². The van der Waals surface area contributed by atoms with Gasteiger partial charge in [-0.25, -0.2) is 0 Å². The molecule has 0 saturated heterocycles. The number of hydrogen-bond donors (Lipinski definition) is 3. The molecule has 2 rings (SSSR count). The Morgan fingerprint density at radius 3 is 2.83 bits per heavy atom. The van der Waals surface area contributed by atoms with Gasteiger partial charge in [-0.05, 0) is 18.2 Å². The molecule has 1 amide bonds. The molecule has 0 fully saturated rings. The third kappa shape index (κ3) is 3.12. The molecule has 5 nitrogen and oxygen atoms in total. The van der Waals surface area contributed by atoms with Gasteiger partial charge in [-0.2, -0.15) is 0 Å². The van der Waals surface area contributed by atoms with Crippen molar-refractivity contribution in [1.82, 2.24) is 10.3 Å². The number of hydrogen-bond acceptors (Lipinski definition) is 4. The quantitative estimate of drug-likeness (QED) is 0.748. The molecule has 0 radical (unpaired) electrons. The van der Waals surface area contributed by atoms with Gasteiger partial charge in [0.05, 0.1) is 6.54 Å². The van der Waals surface area contributed by atoms with Crippen molar-refractivity contribution < 1.29 is 4.79 Å². The van der Waals surface area contributed by atoms with Gasteiger partial charge >= 0.3 is 4.87 Å². The Morgan fingerprint density at radius 2 is 2.22 bits per heavy atom. The van der Waals surface area contributed by atoms with Gasteiger partial charge in [0.25, 0.3) is 5.91 Å². The van der Waals surface area contributed by atoms with Crippen molar-refractivity contribution in [3.8, 4) is 0 Å². The van der Waals surface area contributed by atoms with E-state index < -0.39 is 0 Å². The van der Waals surface area contributed by atoms with Crippen molar-refractivity contribution >= 4 is 34.5 Å². The van der Waals surface area contributed by atoms with Crippen LogP contribution < -0.4 is 15.9 Å². The van der Waals surface area contributed by atoms with Crippen LogP contribution >= 0.6 is 22.9 Å². The van der Waals surface area contributed by atoms with E-state index in [4.69, 9.17) is 17.3 Å². The number of carbonyl (C=O) groups excluding carboxylic acids is 1. The molecule has 7 heteroatoms. The van der Waals surface area contributed by atoms with Crippen LogP contribution in [0.1, 0.15) is 16.1 Å². The molecule has 0 aliphatic rings. The van der Waals surface area contributed by atoms with Crippen LogP contribution in [0, 0.1) is 0 Å². The molecule has 0 spiro atoms. The van der Waals surface area contributed by atoms with Crippen molar-refractivity contribution in [1.29, 1.82) is 0 Å². The second-order valence-corrected chi connectivity index (χ2v) is 4.91. The molecule has 18 heavy (non-hydrogen) atoms. The Hall–Kier alpha value is -1.79. The average molecular weight is 284 g/mol. The Labute approximate surface area is 112 Å². The van der Waals surface area contributed by atoms with E-state index in [0.29, 0.717) is 22.0 Å². The fraction of sp³-hybridized carbons (Fsp3) is 0.0909. The number of amides is 1. The summed E-state index contributed by atoms with van der Waals surface area (Å²) in [5.74, 6) is -0.295. The molecule has 0 bridgehead atoms. The maximum Gasteiger partial charge on any atom is 0.304 e. The maximum atomic E-state index is 11.8. The zero-order valence-corrected chi connectivity index (χ0v) is 10.8. The van der Waals surface area contributed by atoms with Gasteiger partial charge in [0.15, 0.2) is 0 Å². The van der Waals surface area contributed by atoms with Crippen LogP contribution in [0.2, 0.25) is 5.02 Å². The minimum absolute atomic E-state index is 0.147. The van der Waals surface area contributed by atoms with Crippen molar-refractivity contribution in [3.63, 3.8) is 0 Å². The molecule has 0 saturated carbocycles. The first-order chi connectivity index (χ1) is 8.54. The number of aromatic nitrogens is 1. The van der Waals surface area contributed by atoms with E-state index in [0.717, 1.165) is 11.3 Å². The van der Waals surface area contributed by atoms with Gasteiger partial charge in [-0.1, -0.05) is 22.9 Å². The Kier molecular flexibility index (Phi) is 3.69. The molecular formula is C11H10ClN3O2S. The Balaban J connectivity index is 2.05. The summed E-state index contributed by atoms with van der Waals surface area (Å²) in [6.07, 6.45) is 0. The molecule has 0 aliphatic carbocycles. The van der Waals surface area contributed by atoms with E-state index in [1.165, 1.54) is 12.1 Å². The fourth-order valence-corrected chi connectivity index (χ4v) is 2.25. The molecule has 1 heterocycles. The van der Waals surface area contributed by atoms with Crippen LogP contribution in [-0.2, 0) is 6.54 Å². The topological polar surface area (TPSA) is 88.0 Å². The second-order valence-electron chi connectivity index (χ2n) is 3.63. The van der Waals surface area contributed by atoms with Crippen LogP contribution in [-0.4, -0.2) is 10.9 Å². The lowest BCUT2D eigenvalue weighted by Crippen LogP contribution is -2.23. The highest BCUT2D eigenvalue weighted by Gasteiger charge is 2.07. The number of nitrogens with one attached hydrogen (secondary N) is 2. The number of rotatable bonds is 3. The number of anilines is 1. The van der Waals surface area contributed by atoms with Crippen LogP contribution in [0.15, 0.2) is 28.4 Å². The van der Waals surface area contributed by atoms with E-state index in [1.54, 1.807) is 11.4 Å². The minimum Gasteiger partial charge on any atom is -0.399 e. The Morgan fingerprint density at radius 1 is 1.44 bits per heavy atom. The number of aromatic amines is 1. The summed E-state index contributed by atoms with van der Waals surface area (Å²) in [6.45, 7) is 0.254. The third-order valence-corrected chi connectivity index (χ3v) is 3.13. The third-order valence-electron chi connectivity index (χ3n) is 2.19. The molecule has 94 valence electrons. The molecule has 1 aromatic heterocycles. The first-order valence-electron chi connectivity index (χ1n) is 5.05. The lowest BCUT2D eigenvalue weighted by molar-refractivity contribution is 0.0950. The number of nitrogen functional groups attached to an aromatic ring is 1. The van der Waals surface area contributed by atoms with Gasteiger partial charge in [-0.15, -0.1) is 0 Å². The van der Waals surface area contributed by atoms with E-state index in [1.807, 2.05) is 0 Å². The smallest absolute Gasteiger partial charge is 0.304 e. The number of halogens is 1. The molecule has 0 aliphatic heterocycles. The average Bonchev–Trinajstić information content (AvgIpc) is 2.70. The standard InChI is InChI=1S/C11H10ClN3O2S/c12-7-1-6(2-8(13)3-7)10(16)14-4-9-5-18-11(17)15-9/h1-3,5H,4,13H2,(H,14,16)(H,15,17). The van der Waals surface area contributed by atoms with Gasteiger partial charge < -0.3 is 16.0 Å². The van der Waals surface area contributed by atoms with E-state index in [2.05, 4.69) is 10.3 Å². The monoisotopic (exact) mass is 283 g/mol. The summed E-state index contributed by atoms with van der Waals surface area (Å²) >= 11 is 6.86. The highest BCUT2D eigenvalue weighted by Crippen LogP contribution is 2.16. The Bertz CT molecular complexity index is 615. The SMILES string of the molecule is Nc1cc(Cl)cc(C(=O)NCc2csc(=O)[nH]2)c1. The maximum absolute atomic E-state index is 11.8. The highest BCUT2D eigenvalue weighted by molar-refractivity contribution is 7.07. The van der Waals surface area contributed by atoms with Gasteiger partial charge in [0.2, 0.25) is 0 Å². The fourth-order valence-electron chi connectivity index (χ4n) is 1.42. The van der Waals surface area contributed by atoms with Crippen molar-refractivity contribution in [2.75, 3.05) is 5.73 Å². The molecule has 2 aromatic rings. The normalized spacial score (nSPS) is 10.3. The highest BCUT2D eigenvalue weighted by atomic mass is 35.5. The summed E-state index contributed by atoms with van der Waals surface area (Å²) in [5, 5.41) is 4.73. The van der Waals surface area contributed by atoms with Crippen LogP contribution in [0.25, 0.3) is 0 Å². The molecular weight excluding hydrogens is 274 g/mol. The van der Waals surface area contributed by atoms with E-state index in [9.17, 15) is 9.59 Å². The molecule has 1 aromatic carbocycles. The van der Waals surface area contributed by atoms with Gasteiger partial charge in [-0.3, -0.25) is 9.59 Å². The van der Waals surface area contributed by atoms with Crippen molar-refractivity contribution in [2.45, 2.75) is 6.54 Å². The number of benzene rings is 1. The van der Waals surface area contributed by atoms with Crippen LogP contribution in [0.3, 0.4) is 0 Å². The second kappa shape index (κ2) is 5.24.